The topological polar surface area (TPSA) is 40.5 Å². The summed E-state index contributed by atoms with van der Waals surface area (Å²) < 4.78 is 0. The smallest absolute Gasteiger partial charge is 0.178 e. The monoisotopic (exact) mass is 208 g/mol. The third kappa shape index (κ3) is 3.33. The maximum Gasteiger partial charge on any atom is 0.178 e. The molecule has 0 unspecified atom stereocenters. The fourth-order valence-corrected chi connectivity index (χ4v) is 1.75. The van der Waals surface area contributed by atoms with Gasteiger partial charge in [-0.15, -0.1) is 0 Å². The zero-order chi connectivity index (χ0) is 11.3. The first-order valence-corrected chi connectivity index (χ1v) is 5.66. The van der Waals surface area contributed by atoms with Crippen LogP contribution in [0.2, 0.25) is 0 Å². The summed E-state index contributed by atoms with van der Waals surface area (Å²) in [4.78, 5) is 0. The number of aliphatic hydroxyl groups excluding tert-OH is 1. The summed E-state index contributed by atoms with van der Waals surface area (Å²) in [7, 11) is 0. The van der Waals surface area contributed by atoms with Crippen LogP contribution in [0.25, 0.3) is 0 Å². The lowest BCUT2D eigenvalue weighted by atomic mass is 9.97. The Morgan fingerprint density at radius 3 is 2.40 bits per heavy atom. The zero-order valence-electron chi connectivity index (χ0n) is 9.53. The minimum atomic E-state index is -1.35. The predicted molar refractivity (Wildman–Crippen MR) is 61.6 cm³/mol. The van der Waals surface area contributed by atoms with E-state index in [1.54, 1.807) is 6.07 Å². The van der Waals surface area contributed by atoms with Gasteiger partial charge >= 0.3 is 0 Å². The van der Waals surface area contributed by atoms with Gasteiger partial charge in [0, 0.05) is 5.56 Å². The van der Waals surface area contributed by atoms with Crippen molar-refractivity contribution in [2.45, 2.75) is 45.8 Å². The lowest BCUT2D eigenvalue weighted by Crippen LogP contribution is -1.99. The van der Waals surface area contributed by atoms with Crippen LogP contribution in [0.4, 0.5) is 0 Å². The second-order valence-electron chi connectivity index (χ2n) is 3.86. The average Bonchev–Trinajstić information content (AvgIpc) is 2.25. The molecule has 0 atom stereocenters. The van der Waals surface area contributed by atoms with Crippen LogP contribution in [-0.4, -0.2) is 10.2 Å². The van der Waals surface area contributed by atoms with E-state index in [9.17, 15) is 0 Å². The molecule has 0 aliphatic carbocycles. The van der Waals surface area contributed by atoms with E-state index < -0.39 is 6.29 Å². The van der Waals surface area contributed by atoms with Gasteiger partial charge in [0.15, 0.2) is 6.29 Å². The number of aliphatic hydroxyl groups is 2. The van der Waals surface area contributed by atoms with Gasteiger partial charge in [0.1, 0.15) is 0 Å². The summed E-state index contributed by atoms with van der Waals surface area (Å²) in [6.45, 7) is 4.27. The van der Waals surface area contributed by atoms with Crippen LogP contribution >= 0.6 is 0 Å². The van der Waals surface area contributed by atoms with Crippen LogP contribution < -0.4 is 0 Å². The fourth-order valence-electron chi connectivity index (χ4n) is 1.75. The molecule has 2 heteroatoms. The first kappa shape index (κ1) is 12.2. The van der Waals surface area contributed by atoms with E-state index in [1.807, 2.05) is 12.1 Å². The predicted octanol–water partition coefficient (Wildman–Crippen LogP) is 2.57. The second kappa shape index (κ2) is 5.89. The molecule has 0 aliphatic heterocycles. The Bertz CT molecular complexity index is 305. The van der Waals surface area contributed by atoms with Gasteiger partial charge < -0.3 is 10.2 Å². The lowest BCUT2D eigenvalue weighted by Gasteiger charge is -2.11. The van der Waals surface area contributed by atoms with Crippen LogP contribution in [0.15, 0.2) is 18.2 Å². The van der Waals surface area contributed by atoms with E-state index in [2.05, 4.69) is 13.8 Å². The molecule has 0 radical (unpaired) electrons. The SMILES string of the molecule is CCCCc1ccc(C(O)O)cc1CC. The zero-order valence-corrected chi connectivity index (χ0v) is 9.53. The summed E-state index contributed by atoms with van der Waals surface area (Å²) >= 11 is 0. The van der Waals surface area contributed by atoms with Crippen molar-refractivity contribution < 1.29 is 10.2 Å². The van der Waals surface area contributed by atoms with Crippen LogP contribution in [-0.2, 0) is 12.8 Å². The molecule has 1 rings (SSSR count). The van der Waals surface area contributed by atoms with Gasteiger partial charge in [0.25, 0.3) is 0 Å². The summed E-state index contributed by atoms with van der Waals surface area (Å²) in [5.41, 5.74) is 3.16. The largest absolute Gasteiger partial charge is 0.364 e. The lowest BCUT2D eigenvalue weighted by molar-refractivity contribution is -0.0425. The molecule has 0 bridgehead atoms. The molecule has 0 saturated carbocycles. The Morgan fingerprint density at radius 2 is 1.87 bits per heavy atom. The highest BCUT2D eigenvalue weighted by atomic mass is 16.5. The van der Waals surface area contributed by atoms with E-state index in [4.69, 9.17) is 10.2 Å². The Balaban J connectivity index is 2.88. The molecule has 0 aromatic heterocycles. The third-order valence-electron chi connectivity index (χ3n) is 2.71. The number of benzene rings is 1. The average molecular weight is 208 g/mol. The molecule has 0 heterocycles. The summed E-state index contributed by atoms with van der Waals surface area (Å²) in [6, 6.07) is 5.72. The Hall–Kier alpha value is -0.860. The number of unbranched alkanes of at least 4 members (excludes halogenated alkanes) is 1. The van der Waals surface area contributed by atoms with Crippen LogP contribution in [0.1, 0.15) is 49.7 Å². The molecule has 0 amide bonds. The van der Waals surface area contributed by atoms with Gasteiger partial charge in [-0.3, -0.25) is 0 Å². The van der Waals surface area contributed by atoms with Gasteiger partial charge in [0.05, 0.1) is 0 Å². The molecular formula is C13H20O2. The normalized spacial score (nSPS) is 11.0. The van der Waals surface area contributed by atoms with Crippen molar-refractivity contribution in [1.82, 2.24) is 0 Å². The van der Waals surface area contributed by atoms with Crippen molar-refractivity contribution in [3.63, 3.8) is 0 Å². The van der Waals surface area contributed by atoms with Crippen LogP contribution in [0.3, 0.4) is 0 Å². The van der Waals surface area contributed by atoms with Crippen LogP contribution in [0.5, 0.6) is 0 Å². The fraction of sp³-hybridized carbons (Fsp3) is 0.538. The quantitative estimate of drug-likeness (QED) is 0.730. The molecule has 15 heavy (non-hydrogen) atoms. The Kier molecular flexibility index (Phi) is 4.79. The maximum absolute atomic E-state index is 9.07. The first-order valence-electron chi connectivity index (χ1n) is 5.66. The minimum Gasteiger partial charge on any atom is -0.364 e. The van der Waals surface area contributed by atoms with Gasteiger partial charge in [-0.25, -0.2) is 0 Å². The highest BCUT2D eigenvalue weighted by Crippen LogP contribution is 2.18. The van der Waals surface area contributed by atoms with E-state index >= 15 is 0 Å². The first-order chi connectivity index (χ1) is 7.19. The van der Waals surface area contributed by atoms with Gasteiger partial charge in [-0.05, 0) is 30.4 Å². The van der Waals surface area contributed by atoms with Gasteiger partial charge in [-0.2, -0.15) is 0 Å². The number of aryl methyl sites for hydroxylation is 2. The van der Waals surface area contributed by atoms with Crippen molar-refractivity contribution in [2.75, 3.05) is 0 Å². The summed E-state index contributed by atoms with van der Waals surface area (Å²) in [6.07, 6.45) is 3.05. The van der Waals surface area contributed by atoms with Crippen molar-refractivity contribution >= 4 is 0 Å². The molecule has 2 nitrogen and oxygen atoms in total. The van der Waals surface area contributed by atoms with E-state index in [0.29, 0.717) is 5.56 Å². The maximum atomic E-state index is 9.07. The molecule has 1 aromatic rings. The molecule has 84 valence electrons. The molecule has 0 fully saturated rings. The van der Waals surface area contributed by atoms with E-state index in [1.165, 1.54) is 24.0 Å². The number of hydrogen-bond donors (Lipinski definition) is 2. The van der Waals surface area contributed by atoms with Crippen molar-refractivity contribution in [1.29, 1.82) is 0 Å². The van der Waals surface area contributed by atoms with Crippen LogP contribution in [0, 0.1) is 0 Å². The summed E-state index contributed by atoms with van der Waals surface area (Å²) in [5.74, 6) is 0. The molecule has 2 N–H and O–H groups in total. The molecule has 0 saturated heterocycles. The van der Waals surface area contributed by atoms with E-state index in [-0.39, 0.29) is 0 Å². The van der Waals surface area contributed by atoms with Gasteiger partial charge in [0.2, 0.25) is 0 Å². The van der Waals surface area contributed by atoms with Crippen molar-refractivity contribution in [3.8, 4) is 0 Å². The highest BCUT2D eigenvalue weighted by molar-refractivity contribution is 5.32. The Morgan fingerprint density at radius 1 is 1.13 bits per heavy atom. The number of hydrogen-bond acceptors (Lipinski definition) is 2. The second-order valence-corrected chi connectivity index (χ2v) is 3.86. The standard InChI is InChI=1S/C13H20O2/c1-3-5-6-11-7-8-12(13(14)15)9-10(11)4-2/h7-9,13-15H,3-6H2,1-2H3. The summed E-state index contributed by atoms with van der Waals surface area (Å²) in [5, 5.41) is 18.1. The molecule has 0 aliphatic rings. The minimum absolute atomic E-state index is 0.590. The van der Waals surface area contributed by atoms with Crippen molar-refractivity contribution in [3.05, 3.63) is 34.9 Å². The Labute approximate surface area is 91.6 Å². The molecular weight excluding hydrogens is 188 g/mol. The highest BCUT2D eigenvalue weighted by Gasteiger charge is 2.06. The van der Waals surface area contributed by atoms with Crippen molar-refractivity contribution in [2.24, 2.45) is 0 Å². The van der Waals surface area contributed by atoms with Gasteiger partial charge in [-0.1, -0.05) is 38.5 Å². The molecule has 1 aromatic carbocycles. The number of rotatable bonds is 5. The third-order valence-corrected chi connectivity index (χ3v) is 2.71. The molecule has 0 spiro atoms. The van der Waals surface area contributed by atoms with E-state index in [0.717, 1.165) is 12.8 Å².